The lowest BCUT2D eigenvalue weighted by molar-refractivity contribution is -0.384. The van der Waals surface area contributed by atoms with Crippen LogP contribution in [-0.2, 0) is 4.79 Å². The van der Waals surface area contributed by atoms with E-state index in [1.165, 1.54) is 12.1 Å². The molecule has 6 heteroatoms. The quantitative estimate of drug-likeness (QED) is 0.623. The number of anilines is 1. The molecule has 0 bridgehead atoms. The van der Waals surface area contributed by atoms with Gasteiger partial charge in [-0.05, 0) is 18.9 Å². The maximum absolute atomic E-state index is 13.3. The summed E-state index contributed by atoms with van der Waals surface area (Å²) in [5, 5.41) is 11.0. The van der Waals surface area contributed by atoms with E-state index < -0.39 is 10.7 Å². The summed E-state index contributed by atoms with van der Waals surface area (Å²) in [5.41, 5.74) is 0.158. The number of rotatable bonds is 3. The molecule has 2 rings (SSSR count). The van der Waals surface area contributed by atoms with Crippen LogP contribution < -0.4 is 4.90 Å². The summed E-state index contributed by atoms with van der Waals surface area (Å²) in [6, 6.07) is 3.47. The SMILES string of the molecule is CN(c1cc(F)ccc1[N+](=O)[O-])C1CCC(=O)CC1. The number of nitro groups is 1. The Kier molecular flexibility index (Phi) is 3.78. The first-order chi connectivity index (χ1) is 8.99. The van der Waals surface area contributed by atoms with Gasteiger partial charge in [0.25, 0.3) is 5.69 Å². The van der Waals surface area contributed by atoms with Gasteiger partial charge in [-0.15, -0.1) is 0 Å². The van der Waals surface area contributed by atoms with Crippen LogP contribution in [0.5, 0.6) is 0 Å². The van der Waals surface area contributed by atoms with Crippen molar-refractivity contribution in [3.63, 3.8) is 0 Å². The van der Waals surface area contributed by atoms with Gasteiger partial charge in [0.1, 0.15) is 17.3 Å². The number of Topliss-reactive ketones (excluding diaryl/α,β-unsaturated/α-hetero) is 1. The van der Waals surface area contributed by atoms with Crippen LogP contribution in [0.2, 0.25) is 0 Å². The van der Waals surface area contributed by atoms with E-state index >= 15 is 0 Å². The highest BCUT2D eigenvalue weighted by Crippen LogP contribution is 2.32. The third-order valence-corrected chi connectivity index (χ3v) is 3.57. The van der Waals surface area contributed by atoms with Crippen molar-refractivity contribution < 1.29 is 14.1 Å². The van der Waals surface area contributed by atoms with Gasteiger partial charge in [0.15, 0.2) is 0 Å². The Labute approximate surface area is 110 Å². The first kappa shape index (κ1) is 13.5. The molecule has 0 aliphatic heterocycles. The van der Waals surface area contributed by atoms with E-state index in [9.17, 15) is 19.3 Å². The number of halogens is 1. The van der Waals surface area contributed by atoms with Gasteiger partial charge < -0.3 is 4.90 Å². The highest BCUT2D eigenvalue weighted by molar-refractivity contribution is 5.79. The monoisotopic (exact) mass is 266 g/mol. The minimum atomic E-state index is -0.515. The zero-order chi connectivity index (χ0) is 14.0. The Hall–Kier alpha value is -1.98. The minimum Gasteiger partial charge on any atom is -0.366 e. The lowest BCUT2D eigenvalue weighted by Gasteiger charge is -2.32. The van der Waals surface area contributed by atoms with Gasteiger partial charge in [-0.25, -0.2) is 4.39 Å². The average molecular weight is 266 g/mol. The third-order valence-electron chi connectivity index (χ3n) is 3.57. The fraction of sp³-hybridized carbons (Fsp3) is 0.462. The highest BCUT2D eigenvalue weighted by Gasteiger charge is 2.26. The maximum Gasteiger partial charge on any atom is 0.292 e. The number of nitrogens with zero attached hydrogens (tertiary/aromatic N) is 2. The molecule has 0 amide bonds. The molecule has 102 valence electrons. The molecule has 0 spiro atoms. The number of hydrogen-bond acceptors (Lipinski definition) is 4. The van der Waals surface area contributed by atoms with Crippen molar-refractivity contribution in [3.05, 3.63) is 34.1 Å². The second kappa shape index (κ2) is 5.34. The molecule has 1 saturated carbocycles. The van der Waals surface area contributed by atoms with E-state index in [1.807, 2.05) is 0 Å². The van der Waals surface area contributed by atoms with Gasteiger partial charge >= 0.3 is 0 Å². The first-order valence-corrected chi connectivity index (χ1v) is 6.17. The number of ketones is 1. The van der Waals surface area contributed by atoms with E-state index in [4.69, 9.17) is 0 Å². The zero-order valence-electron chi connectivity index (χ0n) is 10.6. The van der Waals surface area contributed by atoms with Crippen molar-refractivity contribution in [2.24, 2.45) is 0 Å². The molecule has 0 aromatic heterocycles. The Balaban J connectivity index is 2.27. The summed E-state index contributed by atoms with van der Waals surface area (Å²) in [5.74, 6) is -0.280. The molecule has 0 heterocycles. The van der Waals surface area contributed by atoms with Crippen molar-refractivity contribution in [2.45, 2.75) is 31.7 Å². The predicted molar refractivity (Wildman–Crippen MR) is 68.7 cm³/mol. The van der Waals surface area contributed by atoms with Crippen molar-refractivity contribution >= 4 is 17.2 Å². The van der Waals surface area contributed by atoms with Gasteiger partial charge in [-0.1, -0.05) is 0 Å². The van der Waals surface area contributed by atoms with E-state index in [0.29, 0.717) is 25.7 Å². The zero-order valence-corrected chi connectivity index (χ0v) is 10.6. The van der Waals surface area contributed by atoms with Gasteiger partial charge in [-0.3, -0.25) is 14.9 Å². The van der Waals surface area contributed by atoms with Crippen molar-refractivity contribution in [1.29, 1.82) is 0 Å². The van der Waals surface area contributed by atoms with Crippen molar-refractivity contribution in [3.8, 4) is 0 Å². The van der Waals surface area contributed by atoms with E-state index in [2.05, 4.69) is 0 Å². The van der Waals surface area contributed by atoms with E-state index in [-0.39, 0.29) is 23.2 Å². The average Bonchev–Trinajstić information content (AvgIpc) is 2.38. The smallest absolute Gasteiger partial charge is 0.292 e. The minimum absolute atomic E-state index is 0.0400. The molecule has 1 aliphatic rings. The topological polar surface area (TPSA) is 63.4 Å². The van der Waals surface area contributed by atoms with Gasteiger partial charge in [0.05, 0.1) is 4.92 Å². The molecular formula is C13H15FN2O3. The van der Waals surface area contributed by atoms with Crippen LogP contribution >= 0.6 is 0 Å². The Morgan fingerprint density at radius 2 is 2.00 bits per heavy atom. The van der Waals surface area contributed by atoms with Crippen LogP contribution in [0.4, 0.5) is 15.8 Å². The summed E-state index contributed by atoms with van der Waals surface area (Å²) >= 11 is 0. The largest absolute Gasteiger partial charge is 0.366 e. The molecule has 0 N–H and O–H groups in total. The molecule has 1 aromatic carbocycles. The number of hydrogen-bond donors (Lipinski definition) is 0. The van der Waals surface area contributed by atoms with Crippen LogP contribution in [0.1, 0.15) is 25.7 Å². The molecule has 1 fully saturated rings. The van der Waals surface area contributed by atoms with Crippen LogP contribution in [0.15, 0.2) is 18.2 Å². The Bertz CT molecular complexity index is 509. The van der Waals surface area contributed by atoms with Gasteiger partial charge in [0.2, 0.25) is 0 Å². The molecule has 19 heavy (non-hydrogen) atoms. The van der Waals surface area contributed by atoms with Crippen molar-refractivity contribution in [2.75, 3.05) is 11.9 Å². The molecule has 5 nitrogen and oxygen atoms in total. The molecule has 1 aromatic rings. The summed E-state index contributed by atoms with van der Waals surface area (Å²) in [6.45, 7) is 0. The molecule has 0 unspecified atom stereocenters. The van der Waals surface area contributed by atoms with Crippen LogP contribution in [-0.4, -0.2) is 23.8 Å². The molecule has 1 aliphatic carbocycles. The molecule has 0 radical (unpaired) electrons. The standard InChI is InChI=1S/C13H15FN2O3/c1-15(10-3-5-11(17)6-4-10)13-8-9(14)2-7-12(13)16(18)19/h2,7-8,10H,3-6H2,1H3. The normalized spacial score (nSPS) is 16.4. The lowest BCUT2D eigenvalue weighted by Crippen LogP contribution is -2.35. The van der Waals surface area contributed by atoms with E-state index in [1.54, 1.807) is 11.9 Å². The Morgan fingerprint density at radius 1 is 1.37 bits per heavy atom. The second-order valence-corrected chi connectivity index (χ2v) is 4.77. The lowest BCUT2D eigenvalue weighted by atomic mass is 9.93. The summed E-state index contributed by atoms with van der Waals surface area (Å²) in [6.07, 6.45) is 2.28. The van der Waals surface area contributed by atoms with E-state index in [0.717, 1.165) is 6.07 Å². The fourth-order valence-corrected chi connectivity index (χ4v) is 2.44. The van der Waals surface area contributed by atoms with Crippen LogP contribution in [0.3, 0.4) is 0 Å². The number of benzene rings is 1. The molecule has 0 atom stereocenters. The van der Waals surface area contributed by atoms with Gasteiger partial charge in [-0.2, -0.15) is 0 Å². The second-order valence-electron chi connectivity index (χ2n) is 4.77. The number of carbonyl (C=O) groups is 1. The molecule has 0 saturated heterocycles. The van der Waals surface area contributed by atoms with Crippen molar-refractivity contribution in [1.82, 2.24) is 0 Å². The number of nitro benzene ring substituents is 1. The summed E-state index contributed by atoms with van der Waals surface area (Å²) in [7, 11) is 1.71. The fourth-order valence-electron chi connectivity index (χ4n) is 2.44. The summed E-state index contributed by atoms with van der Waals surface area (Å²) < 4.78 is 13.3. The predicted octanol–water partition coefficient (Wildman–Crippen LogP) is 2.68. The molecular weight excluding hydrogens is 251 g/mol. The first-order valence-electron chi connectivity index (χ1n) is 6.17. The summed E-state index contributed by atoms with van der Waals surface area (Å²) in [4.78, 5) is 23.4. The highest BCUT2D eigenvalue weighted by atomic mass is 19.1. The van der Waals surface area contributed by atoms with Crippen LogP contribution in [0.25, 0.3) is 0 Å². The number of carbonyl (C=O) groups excluding carboxylic acids is 1. The maximum atomic E-state index is 13.3. The Morgan fingerprint density at radius 3 is 2.58 bits per heavy atom. The third kappa shape index (κ3) is 2.89. The van der Waals surface area contributed by atoms with Crippen LogP contribution in [0, 0.1) is 15.9 Å². The van der Waals surface area contributed by atoms with Gasteiger partial charge in [0, 0.05) is 38.1 Å².